The van der Waals surface area contributed by atoms with Gasteiger partial charge in [-0.25, -0.2) is 0 Å². The fourth-order valence-electron chi connectivity index (χ4n) is 2.82. The molecule has 1 aliphatic heterocycles. The second kappa shape index (κ2) is 7.65. The van der Waals surface area contributed by atoms with E-state index in [0.717, 1.165) is 18.5 Å². The summed E-state index contributed by atoms with van der Waals surface area (Å²) in [4.78, 5) is 41.6. The lowest BCUT2D eigenvalue weighted by atomic mass is 10.2. The smallest absolute Gasteiger partial charge is 0.311 e. The Labute approximate surface area is 147 Å². The first-order valence-corrected chi connectivity index (χ1v) is 8.68. The summed E-state index contributed by atoms with van der Waals surface area (Å²) < 4.78 is 0. The molecule has 7 nitrogen and oxygen atoms in total. The van der Waals surface area contributed by atoms with E-state index in [4.69, 9.17) is 0 Å². The first-order valence-electron chi connectivity index (χ1n) is 8.68. The highest BCUT2D eigenvalue weighted by molar-refractivity contribution is 6.35. The molecule has 3 rings (SSSR count). The van der Waals surface area contributed by atoms with Crippen molar-refractivity contribution in [2.24, 2.45) is 0 Å². The first-order chi connectivity index (χ1) is 12.0. The van der Waals surface area contributed by atoms with Gasteiger partial charge in [0.05, 0.1) is 6.54 Å². The van der Waals surface area contributed by atoms with E-state index in [1.165, 1.54) is 0 Å². The average molecular weight is 344 g/mol. The Morgan fingerprint density at radius 1 is 1.08 bits per heavy atom. The molecule has 1 aliphatic carbocycles. The summed E-state index contributed by atoms with van der Waals surface area (Å²) in [6.07, 6.45) is 1.92. The second-order valence-corrected chi connectivity index (χ2v) is 6.60. The van der Waals surface area contributed by atoms with E-state index in [2.05, 4.69) is 5.32 Å². The highest BCUT2D eigenvalue weighted by Gasteiger charge is 2.31. The van der Waals surface area contributed by atoms with Gasteiger partial charge in [-0.05, 0) is 25.0 Å². The molecule has 25 heavy (non-hydrogen) atoms. The van der Waals surface area contributed by atoms with Gasteiger partial charge in [0, 0.05) is 45.0 Å². The number of anilines is 1. The summed E-state index contributed by atoms with van der Waals surface area (Å²) in [5.41, 5.74) is 0.859. The summed E-state index contributed by atoms with van der Waals surface area (Å²) >= 11 is 0. The SMILES string of the molecule is CN(C(=O)CN1CCN(C(=O)C(=O)NC2CC2)CC1)c1ccccc1. The summed E-state index contributed by atoms with van der Waals surface area (Å²) in [5.74, 6) is -0.951. The Bertz CT molecular complexity index is 637. The zero-order valence-corrected chi connectivity index (χ0v) is 14.5. The van der Waals surface area contributed by atoms with Crippen molar-refractivity contribution in [3.05, 3.63) is 30.3 Å². The van der Waals surface area contributed by atoms with Crippen LogP contribution < -0.4 is 10.2 Å². The molecule has 0 unspecified atom stereocenters. The molecule has 1 N–H and O–H groups in total. The Morgan fingerprint density at radius 3 is 2.32 bits per heavy atom. The van der Waals surface area contributed by atoms with Crippen molar-refractivity contribution in [2.75, 3.05) is 44.7 Å². The Balaban J connectivity index is 1.45. The number of nitrogens with one attached hydrogen (secondary N) is 1. The highest BCUT2D eigenvalue weighted by atomic mass is 16.2. The maximum Gasteiger partial charge on any atom is 0.311 e. The quantitative estimate of drug-likeness (QED) is 0.785. The van der Waals surface area contributed by atoms with Crippen LogP contribution in [0.1, 0.15) is 12.8 Å². The van der Waals surface area contributed by atoms with Crippen LogP contribution >= 0.6 is 0 Å². The number of para-hydroxylation sites is 1. The number of amides is 3. The highest BCUT2D eigenvalue weighted by Crippen LogP contribution is 2.18. The van der Waals surface area contributed by atoms with Gasteiger partial charge in [0.2, 0.25) is 5.91 Å². The number of benzene rings is 1. The number of hydrogen-bond acceptors (Lipinski definition) is 4. The van der Waals surface area contributed by atoms with E-state index in [1.807, 2.05) is 35.2 Å². The molecule has 2 fully saturated rings. The lowest BCUT2D eigenvalue weighted by Gasteiger charge is -2.34. The number of nitrogens with zero attached hydrogens (tertiary/aromatic N) is 3. The lowest BCUT2D eigenvalue weighted by molar-refractivity contribution is -0.147. The molecule has 0 spiro atoms. The molecule has 134 valence electrons. The van der Waals surface area contributed by atoms with Crippen LogP contribution in [0.2, 0.25) is 0 Å². The minimum atomic E-state index is -0.504. The first kappa shape index (κ1) is 17.4. The van der Waals surface area contributed by atoms with Crippen LogP contribution in [0.15, 0.2) is 30.3 Å². The van der Waals surface area contributed by atoms with E-state index in [0.29, 0.717) is 32.7 Å². The number of rotatable bonds is 4. The molecule has 0 bridgehead atoms. The van der Waals surface area contributed by atoms with Crippen molar-refractivity contribution >= 4 is 23.4 Å². The predicted octanol–water partition coefficient (Wildman–Crippen LogP) is 0.0722. The molecule has 1 saturated carbocycles. The van der Waals surface area contributed by atoms with E-state index in [-0.39, 0.29) is 11.9 Å². The molecule has 7 heteroatoms. The third-order valence-corrected chi connectivity index (χ3v) is 4.64. The monoisotopic (exact) mass is 344 g/mol. The van der Waals surface area contributed by atoms with Gasteiger partial charge >= 0.3 is 11.8 Å². The predicted molar refractivity (Wildman–Crippen MR) is 94.0 cm³/mol. The zero-order valence-electron chi connectivity index (χ0n) is 14.5. The number of hydrogen-bond donors (Lipinski definition) is 1. The van der Waals surface area contributed by atoms with Gasteiger partial charge in [0.15, 0.2) is 0 Å². The summed E-state index contributed by atoms with van der Waals surface area (Å²) in [6, 6.07) is 9.69. The van der Waals surface area contributed by atoms with Crippen LogP contribution in [0.5, 0.6) is 0 Å². The van der Waals surface area contributed by atoms with Gasteiger partial charge in [0.1, 0.15) is 0 Å². The fraction of sp³-hybridized carbons (Fsp3) is 0.500. The van der Waals surface area contributed by atoms with E-state index >= 15 is 0 Å². The van der Waals surface area contributed by atoms with Crippen molar-refractivity contribution in [1.29, 1.82) is 0 Å². The molecule has 2 aliphatic rings. The Morgan fingerprint density at radius 2 is 1.72 bits per heavy atom. The second-order valence-electron chi connectivity index (χ2n) is 6.60. The minimum Gasteiger partial charge on any atom is -0.345 e. The van der Waals surface area contributed by atoms with Crippen LogP contribution in [0, 0.1) is 0 Å². The normalized spacial score (nSPS) is 17.9. The molecule has 1 saturated heterocycles. The molecule has 0 radical (unpaired) electrons. The molecule has 0 aromatic heterocycles. The van der Waals surface area contributed by atoms with Gasteiger partial charge in [-0.1, -0.05) is 18.2 Å². The molecular formula is C18H24N4O3. The zero-order chi connectivity index (χ0) is 17.8. The standard InChI is InChI=1S/C18H24N4O3/c1-20(15-5-3-2-4-6-15)16(23)13-21-9-11-22(12-10-21)18(25)17(24)19-14-7-8-14/h2-6,14H,7-13H2,1H3,(H,19,24). The van der Waals surface area contributed by atoms with E-state index in [9.17, 15) is 14.4 Å². The van der Waals surface area contributed by atoms with Crippen molar-refractivity contribution in [1.82, 2.24) is 15.1 Å². The van der Waals surface area contributed by atoms with Crippen LogP contribution in [-0.2, 0) is 14.4 Å². The maximum absolute atomic E-state index is 12.4. The Hall–Kier alpha value is -2.41. The molecular weight excluding hydrogens is 320 g/mol. The minimum absolute atomic E-state index is 0.0115. The van der Waals surface area contributed by atoms with Crippen molar-refractivity contribution < 1.29 is 14.4 Å². The van der Waals surface area contributed by atoms with Gasteiger partial charge in [-0.2, -0.15) is 0 Å². The fourth-order valence-corrected chi connectivity index (χ4v) is 2.82. The number of likely N-dealkylation sites (N-methyl/N-ethyl adjacent to an activating group) is 1. The molecule has 0 atom stereocenters. The van der Waals surface area contributed by atoms with Crippen LogP contribution in [0.4, 0.5) is 5.69 Å². The molecule has 1 heterocycles. The van der Waals surface area contributed by atoms with E-state index in [1.54, 1.807) is 16.8 Å². The molecule has 1 aromatic carbocycles. The third kappa shape index (κ3) is 4.57. The largest absolute Gasteiger partial charge is 0.345 e. The van der Waals surface area contributed by atoms with Crippen LogP contribution in [-0.4, -0.2) is 73.3 Å². The van der Waals surface area contributed by atoms with Crippen LogP contribution in [0.3, 0.4) is 0 Å². The Kier molecular flexibility index (Phi) is 5.33. The topological polar surface area (TPSA) is 73.0 Å². The number of carbonyl (C=O) groups is 3. The van der Waals surface area contributed by atoms with Crippen molar-refractivity contribution in [2.45, 2.75) is 18.9 Å². The third-order valence-electron chi connectivity index (χ3n) is 4.64. The molecule has 1 aromatic rings. The van der Waals surface area contributed by atoms with Crippen LogP contribution in [0.25, 0.3) is 0 Å². The lowest BCUT2D eigenvalue weighted by Crippen LogP contribution is -2.54. The van der Waals surface area contributed by atoms with Gasteiger partial charge in [-0.15, -0.1) is 0 Å². The summed E-state index contributed by atoms with van der Waals surface area (Å²) in [7, 11) is 1.76. The van der Waals surface area contributed by atoms with Gasteiger partial charge in [-0.3, -0.25) is 19.3 Å². The summed E-state index contributed by atoms with van der Waals surface area (Å²) in [5, 5.41) is 2.72. The van der Waals surface area contributed by atoms with Crippen molar-refractivity contribution in [3.8, 4) is 0 Å². The van der Waals surface area contributed by atoms with E-state index < -0.39 is 11.8 Å². The number of carbonyl (C=O) groups excluding carboxylic acids is 3. The van der Waals surface area contributed by atoms with Gasteiger partial charge < -0.3 is 15.1 Å². The molecule has 3 amide bonds. The van der Waals surface area contributed by atoms with Crippen molar-refractivity contribution in [3.63, 3.8) is 0 Å². The maximum atomic E-state index is 12.4. The average Bonchev–Trinajstić information content (AvgIpc) is 3.45. The number of piperazine rings is 1. The summed E-state index contributed by atoms with van der Waals surface area (Å²) in [6.45, 7) is 2.44. The van der Waals surface area contributed by atoms with Gasteiger partial charge in [0.25, 0.3) is 0 Å².